The van der Waals surface area contributed by atoms with Crippen molar-refractivity contribution in [3.63, 3.8) is 0 Å². The first-order valence-corrected chi connectivity index (χ1v) is 8.46. The smallest absolute Gasteiger partial charge is 0.331 e. The van der Waals surface area contributed by atoms with Crippen LogP contribution in [0, 0.1) is 6.92 Å². The van der Waals surface area contributed by atoms with Gasteiger partial charge < -0.3 is 9.47 Å². The summed E-state index contributed by atoms with van der Waals surface area (Å²) in [6.45, 7) is 2.03. The monoisotopic (exact) mass is 370 g/mol. The predicted molar refractivity (Wildman–Crippen MR) is 102 cm³/mol. The number of benzene rings is 2. The van der Waals surface area contributed by atoms with E-state index in [1.165, 1.54) is 6.08 Å². The van der Waals surface area contributed by atoms with Gasteiger partial charge in [0.15, 0.2) is 0 Å². The second-order valence-electron chi connectivity index (χ2n) is 5.90. The van der Waals surface area contributed by atoms with Crippen LogP contribution < -0.4 is 4.74 Å². The molecule has 0 aliphatic carbocycles. The molecule has 0 radical (unpaired) electrons. The fourth-order valence-electron chi connectivity index (χ4n) is 2.68. The minimum Gasteiger partial charge on any atom is -0.497 e. The Morgan fingerprint density at radius 3 is 2.65 bits per heavy atom. The largest absolute Gasteiger partial charge is 0.497 e. The van der Waals surface area contributed by atoms with Crippen molar-refractivity contribution in [2.75, 3.05) is 7.11 Å². The maximum Gasteiger partial charge on any atom is 0.331 e. The quantitative estimate of drug-likeness (QED) is 0.496. The molecule has 3 aromatic rings. The molecule has 2 aromatic carbocycles. The maximum atomic E-state index is 12.0. The van der Waals surface area contributed by atoms with E-state index in [2.05, 4.69) is 5.10 Å². The highest BCUT2D eigenvalue weighted by Gasteiger charge is 2.09. The molecule has 0 atom stereocenters. The van der Waals surface area contributed by atoms with Gasteiger partial charge in [-0.15, -0.1) is 0 Å². The molecule has 0 saturated carbocycles. The molecule has 0 spiro atoms. The molecule has 6 heteroatoms. The second kappa shape index (κ2) is 7.62. The molecule has 26 heavy (non-hydrogen) atoms. The lowest BCUT2D eigenvalue weighted by molar-refractivity contribution is -0.138. The SMILES string of the molecule is COc1ccc2cc(COC(=O)/C=C/c3c(C)nn(C)c3Cl)ccc2c1. The molecule has 1 aromatic heterocycles. The van der Waals surface area contributed by atoms with Crippen molar-refractivity contribution in [3.05, 3.63) is 64.4 Å². The third-order valence-corrected chi connectivity index (χ3v) is 4.52. The number of methoxy groups -OCH3 is 1. The van der Waals surface area contributed by atoms with Crippen molar-refractivity contribution in [2.24, 2.45) is 7.05 Å². The standard InChI is InChI=1S/C20H19ClN2O3/c1-13-18(20(21)23(2)22-13)8-9-19(24)26-12-14-4-5-16-11-17(25-3)7-6-15(16)10-14/h4-11H,12H2,1-3H3/b9-8+. The van der Waals surface area contributed by atoms with Crippen LogP contribution >= 0.6 is 11.6 Å². The predicted octanol–water partition coefficient (Wildman–Crippen LogP) is 4.30. The Bertz CT molecular complexity index is 992. The van der Waals surface area contributed by atoms with Gasteiger partial charge in [0.2, 0.25) is 0 Å². The van der Waals surface area contributed by atoms with Gasteiger partial charge in [-0.25, -0.2) is 4.79 Å². The Kier molecular flexibility index (Phi) is 5.28. The highest BCUT2D eigenvalue weighted by molar-refractivity contribution is 6.31. The summed E-state index contributed by atoms with van der Waals surface area (Å²) in [4.78, 5) is 12.0. The number of aryl methyl sites for hydroxylation is 2. The lowest BCUT2D eigenvalue weighted by Gasteiger charge is -2.06. The average Bonchev–Trinajstić information content (AvgIpc) is 2.89. The molecule has 0 bridgehead atoms. The summed E-state index contributed by atoms with van der Waals surface area (Å²) in [7, 11) is 3.39. The summed E-state index contributed by atoms with van der Waals surface area (Å²) in [6.07, 6.45) is 2.99. The summed E-state index contributed by atoms with van der Waals surface area (Å²) in [5.74, 6) is 0.380. The van der Waals surface area contributed by atoms with Crippen LogP contribution in [-0.4, -0.2) is 22.9 Å². The van der Waals surface area contributed by atoms with Crippen LogP contribution in [-0.2, 0) is 23.2 Å². The van der Waals surface area contributed by atoms with E-state index in [9.17, 15) is 4.79 Å². The number of ether oxygens (including phenoxy) is 2. The van der Waals surface area contributed by atoms with Crippen molar-refractivity contribution in [1.82, 2.24) is 9.78 Å². The van der Waals surface area contributed by atoms with E-state index in [1.54, 1.807) is 24.9 Å². The van der Waals surface area contributed by atoms with Gasteiger partial charge in [-0.05, 0) is 47.5 Å². The van der Waals surface area contributed by atoms with Crippen LogP contribution in [0.3, 0.4) is 0 Å². The van der Waals surface area contributed by atoms with E-state index in [4.69, 9.17) is 21.1 Å². The van der Waals surface area contributed by atoms with E-state index in [-0.39, 0.29) is 6.61 Å². The van der Waals surface area contributed by atoms with E-state index >= 15 is 0 Å². The summed E-state index contributed by atoms with van der Waals surface area (Å²) >= 11 is 6.14. The van der Waals surface area contributed by atoms with Gasteiger partial charge in [0, 0.05) is 18.7 Å². The second-order valence-corrected chi connectivity index (χ2v) is 6.26. The molecule has 1 heterocycles. The molecule has 0 unspecified atom stereocenters. The van der Waals surface area contributed by atoms with E-state index in [0.717, 1.165) is 27.8 Å². The maximum absolute atomic E-state index is 12.0. The first kappa shape index (κ1) is 18.0. The van der Waals surface area contributed by atoms with Gasteiger partial charge in [0.05, 0.1) is 12.8 Å². The minimum atomic E-state index is -0.431. The van der Waals surface area contributed by atoms with Gasteiger partial charge >= 0.3 is 5.97 Å². The Labute approximate surface area is 156 Å². The minimum absolute atomic E-state index is 0.199. The normalized spacial score (nSPS) is 11.2. The molecule has 134 valence electrons. The Morgan fingerprint density at radius 2 is 1.96 bits per heavy atom. The molecule has 3 rings (SSSR count). The number of nitrogens with zero attached hydrogens (tertiary/aromatic N) is 2. The van der Waals surface area contributed by atoms with Crippen molar-refractivity contribution >= 4 is 34.4 Å². The van der Waals surface area contributed by atoms with E-state index in [1.807, 2.05) is 43.3 Å². The summed E-state index contributed by atoms with van der Waals surface area (Å²) in [6, 6.07) is 11.8. The van der Waals surface area contributed by atoms with Crippen LogP contribution in [0.4, 0.5) is 0 Å². The zero-order valence-electron chi connectivity index (χ0n) is 14.8. The number of halogens is 1. The Hall–Kier alpha value is -2.79. The molecule has 0 aliphatic heterocycles. The molecule has 0 saturated heterocycles. The zero-order chi connectivity index (χ0) is 18.7. The third kappa shape index (κ3) is 3.89. The number of carbonyl (C=O) groups excluding carboxylic acids is 1. The first-order chi connectivity index (χ1) is 12.5. The number of carbonyl (C=O) groups is 1. The van der Waals surface area contributed by atoms with Crippen molar-refractivity contribution in [2.45, 2.75) is 13.5 Å². The average molecular weight is 371 g/mol. The van der Waals surface area contributed by atoms with Gasteiger partial charge in [-0.1, -0.05) is 29.8 Å². The molecular formula is C20H19ClN2O3. The Morgan fingerprint density at radius 1 is 1.23 bits per heavy atom. The van der Waals surface area contributed by atoms with Gasteiger partial charge in [-0.2, -0.15) is 5.10 Å². The topological polar surface area (TPSA) is 53.4 Å². The summed E-state index contributed by atoms with van der Waals surface area (Å²) < 4.78 is 12.1. The molecule has 0 aliphatic rings. The van der Waals surface area contributed by atoms with Crippen LogP contribution in [0.1, 0.15) is 16.8 Å². The van der Waals surface area contributed by atoms with Crippen LogP contribution in [0.5, 0.6) is 5.75 Å². The van der Waals surface area contributed by atoms with Gasteiger partial charge in [-0.3, -0.25) is 4.68 Å². The van der Waals surface area contributed by atoms with Crippen molar-refractivity contribution < 1.29 is 14.3 Å². The van der Waals surface area contributed by atoms with E-state index in [0.29, 0.717) is 10.7 Å². The number of aromatic nitrogens is 2. The number of hydrogen-bond donors (Lipinski definition) is 0. The first-order valence-electron chi connectivity index (χ1n) is 8.08. The van der Waals surface area contributed by atoms with Gasteiger partial charge in [0.25, 0.3) is 0 Å². The Balaban J connectivity index is 1.65. The van der Waals surface area contributed by atoms with Crippen molar-refractivity contribution in [3.8, 4) is 5.75 Å². The fourth-order valence-corrected chi connectivity index (χ4v) is 2.92. The van der Waals surface area contributed by atoms with E-state index < -0.39 is 5.97 Å². The van der Waals surface area contributed by atoms with Crippen molar-refractivity contribution in [1.29, 1.82) is 0 Å². The van der Waals surface area contributed by atoms with Crippen LogP contribution in [0.2, 0.25) is 5.15 Å². The number of hydrogen-bond acceptors (Lipinski definition) is 4. The lowest BCUT2D eigenvalue weighted by Crippen LogP contribution is -2.00. The summed E-state index contributed by atoms with van der Waals surface area (Å²) in [5.41, 5.74) is 2.39. The van der Waals surface area contributed by atoms with Crippen LogP contribution in [0.15, 0.2) is 42.5 Å². The lowest BCUT2D eigenvalue weighted by atomic mass is 10.1. The molecule has 5 nitrogen and oxygen atoms in total. The number of fused-ring (bicyclic) bond motifs is 1. The summed E-state index contributed by atoms with van der Waals surface area (Å²) in [5, 5.41) is 6.81. The molecule has 0 amide bonds. The van der Waals surface area contributed by atoms with Gasteiger partial charge in [0.1, 0.15) is 17.5 Å². The molecule has 0 N–H and O–H groups in total. The molecular weight excluding hydrogens is 352 g/mol. The van der Waals surface area contributed by atoms with Crippen LogP contribution in [0.25, 0.3) is 16.8 Å². The number of esters is 1. The fraction of sp³-hybridized carbons (Fsp3) is 0.200. The highest BCUT2D eigenvalue weighted by atomic mass is 35.5. The molecule has 0 fully saturated rings. The zero-order valence-corrected chi connectivity index (χ0v) is 15.6. The third-order valence-electron chi connectivity index (χ3n) is 4.08. The highest BCUT2D eigenvalue weighted by Crippen LogP contribution is 2.22. The number of rotatable bonds is 5.